The van der Waals surface area contributed by atoms with E-state index in [0.29, 0.717) is 6.04 Å². The SMILES string of the molecule is Cn1c(Cc2ccccc2)nnc1S[C@@H](C(=O)NC1CC1)c1ccccc1. The van der Waals surface area contributed by atoms with Crippen molar-refractivity contribution in [2.45, 2.75) is 35.7 Å². The van der Waals surface area contributed by atoms with Gasteiger partial charge in [-0.05, 0) is 24.0 Å². The fourth-order valence-electron chi connectivity index (χ4n) is 2.89. The number of hydrogen-bond donors (Lipinski definition) is 1. The van der Waals surface area contributed by atoms with E-state index < -0.39 is 0 Å². The zero-order valence-corrected chi connectivity index (χ0v) is 16.0. The molecule has 1 amide bonds. The Hall–Kier alpha value is -2.60. The van der Waals surface area contributed by atoms with Crippen LogP contribution in [0, 0.1) is 0 Å². The number of nitrogens with one attached hydrogen (secondary N) is 1. The Kier molecular flexibility index (Phi) is 5.25. The van der Waals surface area contributed by atoms with Crippen molar-refractivity contribution in [2.24, 2.45) is 7.05 Å². The highest BCUT2D eigenvalue weighted by molar-refractivity contribution is 8.00. The summed E-state index contributed by atoms with van der Waals surface area (Å²) >= 11 is 1.46. The summed E-state index contributed by atoms with van der Waals surface area (Å²) in [6, 6.07) is 20.4. The van der Waals surface area contributed by atoms with Gasteiger partial charge in [0.05, 0.1) is 0 Å². The molecular formula is C21H22N4OS. The van der Waals surface area contributed by atoms with Gasteiger partial charge in [0.1, 0.15) is 11.1 Å². The Balaban J connectivity index is 1.55. The van der Waals surface area contributed by atoms with Crippen LogP contribution in [0.2, 0.25) is 0 Å². The Morgan fingerprint density at radius 2 is 1.78 bits per heavy atom. The van der Waals surface area contributed by atoms with Gasteiger partial charge < -0.3 is 9.88 Å². The Bertz CT molecular complexity index is 906. The molecular weight excluding hydrogens is 356 g/mol. The van der Waals surface area contributed by atoms with Crippen molar-refractivity contribution in [3.63, 3.8) is 0 Å². The van der Waals surface area contributed by atoms with Crippen molar-refractivity contribution in [1.29, 1.82) is 0 Å². The first-order chi connectivity index (χ1) is 13.2. The van der Waals surface area contributed by atoms with E-state index in [1.54, 1.807) is 0 Å². The maximum atomic E-state index is 12.8. The standard InChI is InChI=1S/C21H22N4OS/c1-25-18(14-15-8-4-2-5-9-15)23-24-21(25)27-19(16-10-6-3-7-11-16)20(26)22-17-12-13-17/h2-11,17,19H,12-14H2,1H3,(H,22,26)/t19-/m1/s1. The van der Waals surface area contributed by atoms with E-state index in [2.05, 4.69) is 27.6 Å². The minimum atomic E-state index is -0.334. The molecule has 3 aromatic rings. The molecule has 1 aliphatic rings. The van der Waals surface area contributed by atoms with Gasteiger partial charge in [0.15, 0.2) is 5.16 Å². The Morgan fingerprint density at radius 3 is 2.44 bits per heavy atom. The average Bonchev–Trinajstić information content (AvgIpc) is 3.45. The average molecular weight is 379 g/mol. The molecule has 1 atom stereocenters. The number of aromatic nitrogens is 3. The molecule has 1 saturated carbocycles. The van der Waals surface area contributed by atoms with Crippen LogP contribution < -0.4 is 5.32 Å². The van der Waals surface area contributed by atoms with Crippen LogP contribution in [-0.2, 0) is 18.3 Å². The smallest absolute Gasteiger partial charge is 0.238 e. The first-order valence-electron chi connectivity index (χ1n) is 9.15. The van der Waals surface area contributed by atoms with Crippen LogP contribution in [0.3, 0.4) is 0 Å². The summed E-state index contributed by atoms with van der Waals surface area (Å²) < 4.78 is 1.98. The van der Waals surface area contributed by atoms with Crippen molar-refractivity contribution in [3.05, 3.63) is 77.6 Å². The lowest BCUT2D eigenvalue weighted by atomic mass is 10.1. The van der Waals surface area contributed by atoms with Crippen molar-refractivity contribution < 1.29 is 4.79 Å². The molecule has 4 rings (SSSR count). The Labute approximate surface area is 163 Å². The van der Waals surface area contributed by atoms with Gasteiger partial charge in [-0.1, -0.05) is 72.4 Å². The normalized spacial score (nSPS) is 14.7. The maximum Gasteiger partial charge on any atom is 0.238 e. The minimum Gasteiger partial charge on any atom is -0.352 e. The van der Waals surface area contributed by atoms with E-state index in [-0.39, 0.29) is 11.2 Å². The summed E-state index contributed by atoms with van der Waals surface area (Å²) in [5.41, 5.74) is 2.17. The van der Waals surface area contributed by atoms with E-state index in [1.807, 2.05) is 60.1 Å². The molecule has 0 aliphatic heterocycles. The second-order valence-corrected chi connectivity index (χ2v) is 7.88. The van der Waals surface area contributed by atoms with Crippen LogP contribution >= 0.6 is 11.8 Å². The van der Waals surface area contributed by atoms with Gasteiger partial charge in [0.25, 0.3) is 0 Å². The third kappa shape index (κ3) is 4.39. The first-order valence-corrected chi connectivity index (χ1v) is 10.0. The van der Waals surface area contributed by atoms with Crippen LogP contribution in [0.5, 0.6) is 0 Å². The van der Waals surface area contributed by atoms with Crippen LogP contribution in [-0.4, -0.2) is 26.7 Å². The van der Waals surface area contributed by atoms with Gasteiger partial charge in [-0.3, -0.25) is 4.79 Å². The van der Waals surface area contributed by atoms with E-state index in [4.69, 9.17) is 0 Å². The van der Waals surface area contributed by atoms with Crippen molar-refractivity contribution in [3.8, 4) is 0 Å². The van der Waals surface area contributed by atoms with Crippen molar-refractivity contribution in [2.75, 3.05) is 0 Å². The fourth-order valence-corrected chi connectivity index (χ4v) is 3.92. The number of benzene rings is 2. The summed E-state index contributed by atoms with van der Waals surface area (Å²) in [5, 5.41) is 12.2. The lowest BCUT2D eigenvalue weighted by Gasteiger charge is -2.16. The number of nitrogens with zero attached hydrogens (tertiary/aromatic N) is 3. The van der Waals surface area contributed by atoms with Gasteiger partial charge in [-0.15, -0.1) is 10.2 Å². The highest BCUT2D eigenvalue weighted by Gasteiger charge is 2.30. The summed E-state index contributed by atoms with van der Waals surface area (Å²) in [6.45, 7) is 0. The van der Waals surface area contributed by atoms with E-state index in [1.165, 1.54) is 17.3 Å². The molecule has 0 radical (unpaired) electrons. The van der Waals surface area contributed by atoms with Gasteiger partial charge in [-0.2, -0.15) is 0 Å². The fraction of sp³-hybridized carbons (Fsp3) is 0.286. The first kappa shape index (κ1) is 17.8. The molecule has 1 N–H and O–H groups in total. The van der Waals surface area contributed by atoms with Crippen molar-refractivity contribution in [1.82, 2.24) is 20.1 Å². The number of rotatable bonds is 7. The molecule has 1 aliphatic carbocycles. The molecule has 6 heteroatoms. The predicted molar refractivity (Wildman–Crippen MR) is 106 cm³/mol. The molecule has 2 aromatic carbocycles. The second-order valence-electron chi connectivity index (χ2n) is 6.81. The van der Waals surface area contributed by atoms with Crippen molar-refractivity contribution >= 4 is 17.7 Å². The Morgan fingerprint density at radius 1 is 1.11 bits per heavy atom. The molecule has 0 spiro atoms. The third-order valence-electron chi connectivity index (χ3n) is 4.62. The molecule has 0 saturated heterocycles. The number of amides is 1. The highest BCUT2D eigenvalue weighted by atomic mass is 32.2. The zero-order chi connectivity index (χ0) is 18.6. The summed E-state index contributed by atoms with van der Waals surface area (Å²) in [7, 11) is 1.96. The largest absolute Gasteiger partial charge is 0.352 e. The number of carbonyl (C=O) groups is 1. The molecule has 0 bridgehead atoms. The van der Waals surface area contributed by atoms with Crippen LogP contribution in [0.1, 0.15) is 35.0 Å². The lowest BCUT2D eigenvalue weighted by Crippen LogP contribution is -2.29. The molecule has 27 heavy (non-hydrogen) atoms. The van der Waals surface area contributed by atoms with Gasteiger partial charge in [-0.25, -0.2) is 0 Å². The summed E-state index contributed by atoms with van der Waals surface area (Å²) in [4.78, 5) is 12.8. The van der Waals surface area contributed by atoms with Crippen LogP contribution in [0.25, 0.3) is 0 Å². The minimum absolute atomic E-state index is 0.0429. The quantitative estimate of drug-likeness (QED) is 0.639. The number of carbonyl (C=O) groups excluding carboxylic acids is 1. The number of hydrogen-bond acceptors (Lipinski definition) is 4. The molecule has 138 valence electrons. The lowest BCUT2D eigenvalue weighted by molar-refractivity contribution is -0.120. The summed E-state index contributed by atoms with van der Waals surface area (Å²) in [6.07, 6.45) is 2.86. The third-order valence-corrected chi connectivity index (χ3v) is 5.91. The molecule has 1 heterocycles. The highest BCUT2D eigenvalue weighted by Crippen LogP contribution is 2.35. The van der Waals surface area contributed by atoms with Gasteiger partial charge in [0.2, 0.25) is 5.91 Å². The summed E-state index contributed by atoms with van der Waals surface area (Å²) in [5.74, 6) is 0.930. The maximum absolute atomic E-state index is 12.8. The molecule has 1 aromatic heterocycles. The molecule has 1 fully saturated rings. The van der Waals surface area contributed by atoms with Gasteiger partial charge in [0, 0.05) is 19.5 Å². The topological polar surface area (TPSA) is 59.8 Å². The van der Waals surface area contributed by atoms with E-state index >= 15 is 0 Å². The predicted octanol–water partition coefficient (Wildman–Crippen LogP) is 3.52. The zero-order valence-electron chi connectivity index (χ0n) is 15.2. The van der Waals surface area contributed by atoms with Crippen LogP contribution in [0.15, 0.2) is 65.8 Å². The molecule has 0 unspecified atom stereocenters. The van der Waals surface area contributed by atoms with E-state index in [0.717, 1.165) is 35.8 Å². The number of thioether (sulfide) groups is 1. The monoisotopic (exact) mass is 378 g/mol. The van der Waals surface area contributed by atoms with E-state index in [9.17, 15) is 4.79 Å². The van der Waals surface area contributed by atoms with Gasteiger partial charge >= 0.3 is 0 Å². The molecule has 5 nitrogen and oxygen atoms in total. The van der Waals surface area contributed by atoms with Crippen LogP contribution in [0.4, 0.5) is 0 Å². The second kappa shape index (κ2) is 7.96.